The molecule has 6 nitrogen and oxygen atoms in total. The Bertz CT molecular complexity index is 825. The molecule has 0 aliphatic carbocycles. The largest absolute Gasteiger partial charge is 0.497 e. The van der Waals surface area contributed by atoms with Gasteiger partial charge in [0.2, 0.25) is 5.13 Å². The van der Waals surface area contributed by atoms with Crippen LogP contribution in [0.25, 0.3) is 0 Å². The van der Waals surface area contributed by atoms with Crippen LogP contribution in [-0.4, -0.2) is 36.8 Å². The highest BCUT2D eigenvalue weighted by Gasteiger charge is 2.08. The van der Waals surface area contributed by atoms with Gasteiger partial charge in [0, 0.05) is 5.75 Å². The Morgan fingerprint density at radius 3 is 2.50 bits per heavy atom. The number of anilines is 2. The van der Waals surface area contributed by atoms with Gasteiger partial charge in [0.1, 0.15) is 17.2 Å². The van der Waals surface area contributed by atoms with Crippen LogP contribution in [0.4, 0.5) is 10.8 Å². The predicted molar refractivity (Wildman–Crippen MR) is 105 cm³/mol. The first-order chi connectivity index (χ1) is 12.8. The van der Waals surface area contributed by atoms with E-state index in [9.17, 15) is 0 Å². The molecule has 1 aromatic heterocycles. The molecule has 8 heteroatoms. The molecule has 3 rings (SSSR count). The Balaban J connectivity index is 1.46. The summed E-state index contributed by atoms with van der Waals surface area (Å²) in [6.07, 6.45) is 0. The molecule has 0 unspecified atom stereocenters. The van der Waals surface area contributed by atoms with E-state index in [4.69, 9.17) is 14.2 Å². The van der Waals surface area contributed by atoms with Crippen molar-refractivity contribution < 1.29 is 14.2 Å². The smallest absolute Gasteiger partial charge is 0.210 e. The van der Waals surface area contributed by atoms with E-state index in [1.165, 1.54) is 11.3 Å². The van der Waals surface area contributed by atoms with Crippen LogP contribution in [0.5, 0.6) is 17.2 Å². The molecule has 2 aromatic carbocycles. The predicted octanol–water partition coefficient (Wildman–Crippen LogP) is 4.47. The molecule has 136 valence electrons. The van der Waals surface area contributed by atoms with Crippen molar-refractivity contribution in [1.29, 1.82) is 0 Å². The average Bonchev–Trinajstić information content (AvgIpc) is 3.13. The van der Waals surface area contributed by atoms with Gasteiger partial charge in [0.25, 0.3) is 0 Å². The van der Waals surface area contributed by atoms with Gasteiger partial charge >= 0.3 is 0 Å². The molecular formula is C18H19N3O3S2. The van der Waals surface area contributed by atoms with Crippen LogP contribution < -0.4 is 19.5 Å². The highest BCUT2D eigenvalue weighted by atomic mass is 32.2. The first-order valence-corrected chi connectivity index (χ1v) is 9.72. The Kier molecular flexibility index (Phi) is 6.56. The minimum Gasteiger partial charge on any atom is -0.497 e. The van der Waals surface area contributed by atoms with Crippen molar-refractivity contribution in [2.24, 2.45) is 0 Å². The fourth-order valence-corrected chi connectivity index (χ4v) is 3.79. The third-order valence-electron chi connectivity index (χ3n) is 3.39. The van der Waals surface area contributed by atoms with E-state index in [0.29, 0.717) is 6.61 Å². The van der Waals surface area contributed by atoms with E-state index < -0.39 is 0 Å². The fraction of sp³-hybridized carbons (Fsp3) is 0.222. The van der Waals surface area contributed by atoms with Gasteiger partial charge in [0.05, 0.1) is 26.5 Å². The molecule has 0 spiro atoms. The molecule has 0 aliphatic rings. The van der Waals surface area contributed by atoms with Crippen LogP contribution in [-0.2, 0) is 0 Å². The van der Waals surface area contributed by atoms with Crippen LogP contribution in [0, 0.1) is 0 Å². The van der Waals surface area contributed by atoms with Crippen LogP contribution in [0.15, 0.2) is 52.9 Å². The second-order valence-electron chi connectivity index (χ2n) is 5.07. The third kappa shape index (κ3) is 5.03. The number of hydrogen-bond acceptors (Lipinski definition) is 8. The highest BCUT2D eigenvalue weighted by Crippen LogP contribution is 2.31. The first-order valence-electron chi connectivity index (χ1n) is 7.91. The van der Waals surface area contributed by atoms with Gasteiger partial charge in [-0.2, -0.15) is 0 Å². The number of nitrogens with zero attached hydrogens (tertiary/aromatic N) is 2. The zero-order valence-corrected chi connectivity index (χ0v) is 16.1. The van der Waals surface area contributed by atoms with Crippen molar-refractivity contribution in [2.45, 2.75) is 4.34 Å². The molecule has 0 amide bonds. The summed E-state index contributed by atoms with van der Waals surface area (Å²) in [4.78, 5) is 0. The molecule has 0 radical (unpaired) electrons. The summed E-state index contributed by atoms with van der Waals surface area (Å²) in [6, 6.07) is 15.2. The minimum absolute atomic E-state index is 0.589. The molecule has 0 fully saturated rings. The van der Waals surface area contributed by atoms with Crippen molar-refractivity contribution in [1.82, 2.24) is 10.2 Å². The van der Waals surface area contributed by atoms with Gasteiger partial charge in [0.15, 0.2) is 4.34 Å². The van der Waals surface area contributed by atoms with Crippen LogP contribution in [0.3, 0.4) is 0 Å². The zero-order chi connectivity index (χ0) is 18.2. The van der Waals surface area contributed by atoms with E-state index >= 15 is 0 Å². The number of ether oxygens (including phenoxy) is 3. The van der Waals surface area contributed by atoms with Crippen LogP contribution >= 0.6 is 23.1 Å². The summed E-state index contributed by atoms with van der Waals surface area (Å²) < 4.78 is 17.0. The topological polar surface area (TPSA) is 65.5 Å². The number of nitrogens with one attached hydrogen (secondary N) is 1. The Labute approximate surface area is 160 Å². The lowest BCUT2D eigenvalue weighted by molar-refractivity contribution is 0.342. The van der Waals surface area contributed by atoms with E-state index in [1.807, 2.05) is 48.5 Å². The number of rotatable bonds is 9. The zero-order valence-electron chi connectivity index (χ0n) is 14.5. The second kappa shape index (κ2) is 9.30. The SMILES string of the molecule is COc1ccc(OCCSc2nnc(Nc3ccccc3OC)s2)cc1. The van der Waals surface area contributed by atoms with Crippen LogP contribution in [0.1, 0.15) is 0 Å². The van der Waals surface area contributed by atoms with Crippen molar-refractivity contribution >= 4 is 33.9 Å². The molecule has 0 aliphatic heterocycles. The molecule has 3 aromatic rings. The van der Waals surface area contributed by atoms with Crippen molar-refractivity contribution in [3.8, 4) is 17.2 Å². The lowest BCUT2D eigenvalue weighted by atomic mass is 10.3. The number of methoxy groups -OCH3 is 2. The monoisotopic (exact) mass is 389 g/mol. The summed E-state index contributed by atoms with van der Waals surface area (Å²) in [7, 11) is 3.29. The van der Waals surface area contributed by atoms with E-state index in [0.717, 1.165) is 38.2 Å². The number of para-hydroxylation sites is 2. The van der Waals surface area contributed by atoms with Gasteiger partial charge in [-0.25, -0.2) is 0 Å². The van der Waals surface area contributed by atoms with Crippen molar-refractivity contribution in [3.05, 3.63) is 48.5 Å². The maximum atomic E-state index is 5.71. The normalized spacial score (nSPS) is 10.4. The molecular weight excluding hydrogens is 370 g/mol. The van der Waals surface area contributed by atoms with Gasteiger partial charge in [-0.3, -0.25) is 0 Å². The maximum absolute atomic E-state index is 5.71. The highest BCUT2D eigenvalue weighted by molar-refractivity contribution is 8.01. The number of benzene rings is 2. The van der Waals surface area contributed by atoms with E-state index in [1.54, 1.807) is 26.0 Å². The standard InChI is InChI=1S/C18H19N3O3S2/c1-22-13-7-9-14(10-8-13)24-11-12-25-18-21-20-17(26-18)19-15-5-3-4-6-16(15)23-2/h3-10H,11-12H2,1-2H3,(H,19,20). The number of thioether (sulfide) groups is 1. The quantitative estimate of drug-likeness (QED) is 0.428. The summed E-state index contributed by atoms with van der Waals surface area (Å²) >= 11 is 3.11. The molecule has 0 bridgehead atoms. The molecule has 1 N–H and O–H groups in total. The summed E-state index contributed by atoms with van der Waals surface area (Å²) in [6.45, 7) is 0.589. The lowest BCUT2D eigenvalue weighted by Gasteiger charge is -2.07. The van der Waals surface area contributed by atoms with E-state index in [-0.39, 0.29) is 0 Å². The minimum atomic E-state index is 0.589. The van der Waals surface area contributed by atoms with Gasteiger partial charge in [-0.15, -0.1) is 10.2 Å². The number of hydrogen-bond donors (Lipinski definition) is 1. The number of aromatic nitrogens is 2. The lowest BCUT2D eigenvalue weighted by Crippen LogP contribution is -1.99. The Morgan fingerprint density at radius 1 is 0.962 bits per heavy atom. The van der Waals surface area contributed by atoms with Crippen LogP contribution in [0.2, 0.25) is 0 Å². The second-order valence-corrected chi connectivity index (χ2v) is 7.39. The van der Waals surface area contributed by atoms with Crippen molar-refractivity contribution in [3.63, 3.8) is 0 Å². The van der Waals surface area contributed by atoms with Gasteiger partial charge in [-0.1, -0.05) is 35.2 Å². The Morgan fingerprint density at radius 2 is 1.73 bits per heavy atom. The summed E-state index contributed by atoms with van der Waals surface area (Å²) in [5.41, 5.74) is 0.866. The van der Waals surface area contributed by atoms with E-state index in [2.05, 4.69) is 15.5 Å². The molecule has 0 atom stereocenters. The van der Waals surface area contributed by atoms with Gasteiger partial charge in [-0.05, 0) is 36.4 Å². The summed E-state index contributed by atoms with van der Waals surface area (Å²) in [5.74, 6) is 3.19. The van der Waals surface area contributed by atoms with Crippen molar-refractivity contribution in [2.75, 3.05) is 31.9 Å². The third-order valence-corrected chi connectivity index (χ3v) is 5.33. The summed E-state index contributed by atoms with van der Waals surface area (Å²) in [5, 5.41) is 12.3. The Hall–Kier alpha value is -2.45. The maximum Gasteiger partial charge on any atom is 0.210 e. The molecule has 0 saturated heterocycles. The van der Waals surface area contributed by atoms with Gasteiger partial charge < -0.3 is 19.5 Å². The average molecular weight is 390 g/mol. The molecule has 0 saturated carbocycles. The molecule has 26 heavy (non-hydrogen) atoms. The fourth-order valence-electron chi connectivity index (χ4n) is 2.14. The molecule has 1 heterocycles. The first kappa shape index (κ1) is 18.3.